The van der Waals surface area contributed by atoms with Crippen LogP contribution in [0.25, 0.3) is 0 Å². The maximum absolute atomic E-state index is 12.2. The Kier molecular flexibility index (Phi) is 5.09. The van der Waals surface area contributed by atoms with Gasteiger partial charge in [-0.2, -0.15) is 0 Å². The maximum atomic E-state index is 12.2. The van der Waals surface area contributed by atoms with Crippen molar-refractivity contribution in [2.75, 3.05) is 19.0 Å². The summed E-state index contributed by atoms with van der Waals surface area (Å²) < 4.78 is 0. The van der Waals surface area contributed by atoms with E-state index in [1.54, 1.807) is 17.0 Å². The second kappa shape index (κ2) is 6.35. The van der Waals surface area contributed by atoms with E-state index < -0.39 is 0 Å². The lowest BCUT2D eigenvalue weighted by Crippen LogP contribution is -2.31. The fraction of sp³-hybridized carbons (Fsp3) is 0.538. The monoisotopic (exact) mass is 250 g/mol. The molecule has 0 aliphatic rings. The molecule has 1 aromatic rings. The van der Waals surface area contributed by atoms with Crippen LogP contribution in [0.3, 0.4) is 0 Å². The summed E-state index contributed by atoms with van der Waals surface area (Å²) in [4.78, 5) is 18.1. The number of nitrogens with one attached hydrogen (secondary N) is 1. The molecule has 5 heteroatoms. The first-order valence-electron chi connectivity index (χ1n) is 6.18. The standard InChI is InChI=1S/C13H22N4O/c1-5-9(2)8-17(4)13(18)11-6-10(3)15-12(7-11)16-14/h6-7,9H,5,8,14H2,1-4H3,(H,15,16). The van der Waals surface area contributed by atoms with E-state index in [1.807, 2.05) is 14.0 Å². The summed E-state index contributed by atoms with van der Waals surface area (Å²) in [6.07, 6.45) is 1.06. The Morgan fingerprint density at radius 1 is 1.56 bits per heavy atom. The van der Waals surface area contributed by atoms with Crippen LogP contribution in [0.15, 0.2) is 12.1 Å². The van der Waals surface area contributed by atoms with E-state index in [1.165, 1.54) is 0 Å². The van der Waals surface area contributed by atoms with Crippen LogP contribution in [-0.4, -0.2) is 29.4 Å². The molecule has 0 saturated carbocycles. The molecule has 0 spiro atoms. The number of carbonyl (C=O) groups excluding carboxylic acids is 1. The van der Waals surface area contributed by atoms with Crippen LogP contribution in [0.4, 0.5) is 5.82 Å². The summed E-state index contributed by atoms with van der Waals surface area (Å²) in [5.41, 5.74) is 3.85. The van der Waals surface area contributed by atoms with Gasteiger partial charge in [-0.3, -0.25) is 4.79 Å². The lowest BCUT2D eigenvalue weighted by Gasteiger charge is -2.21. The molecule has 0 aliphatic heterocycles. The molecule has 0 bridgehead atoms. The van der Waals surface area contributed by atoms with Crippen LogP contribution >= 0.6 is 0 Å². The minimum Gasteiger partial charge on any atom is -0.341 e. The van der Waals surface area contributed by atoms with E-state index in [4.69, 9.17) is 5.84 Å². The molecule has 1 heterocycles. The molecule has 0 radical (unpaired) electrons. The van der Waals surface area contributed by atoms with Gasteiger partial charge in [-0.15, -0.1) is 0 Å². The summed E-state index contributed by atoms with van der Waals surface area (Å²) in [6.45, 7) is 6.85. The van der Waals surface area contributed by atoms with E-state index in [2.05, 4.69) is 24.3 Å². The van der Waals surface area contributed by atoms with Gasteiger partial charge in [0.05, 0.1) is 0 Å². The van der Waals surface area contributed by atoms with Gasteiger partial charge in [0.1, 0.15) is 5.82 Å². The average Bonchev–Trinajstić information content (AvgIpc) is 2.36. The topological polar surface area (TPSA) is 71.2 Å². The van der Waals surface area contributed by atoms with Crippen LogP contribution in [0.5, 0.6) is 0 Å². The molecule has 0 aliphatic carbocycles. The number of hydrogen-bond donors (Lipinski definition) is 2. The zero-order valence-corrected chi connectivity index (χ0v) is 11.5. The molecule has 5 nitrogen and oxygen atoms in total. The first kappa shape index (κ1) is 14.4. The van der Waals surface area contributed by atoms with Crippen molar-refractivity contribution in [1.82, 2.24) is 9.88 Å². The zero-order chi connectivity index (χ0) is 13.7. The number of rotatable bonds is 5. The third-order valence-corrected chi connectivity index (χ3v) is 2.98. The van der Waals surface area contributed by atoms with Gasteiger partial charge in [0.25, 0.3) is 5.91 Å². The van der Waals surface area contributed by atoms with Crippen molar-refractivity contribution < 1.29 is 4.79 Å². The Morgan fingerprint density at radius 2 is 2.22 bits per heavy atom. The number of anilines is 1. The van der Waals surface area contributed by atoms with Gasteiger partial charge in [-0.05, 0) is 25.0 Å². The Balaban J connectivity index is 2.86. The highest BCUT2D eigenvalue weighted by Crippen LogP contribution is 2.12. The normalized spacial score (nSPS) is 12.1. The van der Waals surface area contributed by atoms with Crippen molar-refractivity contribution in [3.63, 3.8) is 0 Å². The summed E-state index contributed by atoms with van der Waals surface area (Å²) >= 11 is 0. The Hall–Kier alpha value is -1.62. The van der Waals surface area contributed by atoms with E-state index in [0.29, 0.717) is 17.3 Å². The number of carbonyl (C=O) groups is 1. The number of hydrogen-bond acceptors (Lipinski definition) is 4. The molecule has 18 heavy (non-hydrogen) atoms. The fourth-order valence-corrected chi connectivity index (χ4v) is 1.77. The number of nitrogens with two attached hydrogens (primary N) is 1. The van der Waals surface area contributed by atoms with Crippen LogP contribution in [-0.2, 0) is 0 Å². The summed E-state index contributed by atoms with van der Waals surface area (Å²) in [7, 11) is 1.82. The maximum Gasteiger partial charge on any atom is 0.253 e. The largest absolute Gasteiger partial charge is 0.341 e. The number of amides is 1. The Bertz CT molecular complexity index is 419. The minimum atomic E-state index is -0.00250. The van der Waals surface area contributed by atoms with Gasteiger partial charge in [-0.25, -0.2) is 10.8 Å². The third kappa shape index (κ3) is 3.70. The molecule has 1 aromatic heterocycles. The van der Waals surface area contributed by atoms with Gasteiger partial charge in [0.2, 0.25) is 0 Å². The zero-order valence-electron chi connectivity index (χ0n) is 11.5. The minimum absolute atomic E-state index is 0.00250. The molecular formula is C13H22N4O. The molecule has 1 unspecified atom stereocenters. The highest BCUT2D eigenvalue weighted by Gasteiger charge is 2.15. The highest BCUT2D eigenvalue weighted by atomic mass is 16.2. The van der Waals surface area contributed by atoms with Gasteiger partial charge < -0.3 is 10.3 Å². The van der Waals surface area contributed by atoms with Crippen molar-refractivity contribution in [2.45, 2.75) is 27.2 Å². The number of aromatic nitrogens is 1. The van der Waals surface area contributed by atoms with Gasteiger partial charge >= 0.3 is 0 Å². The quantitative estimate of drug-likeness (QED) is 0.617. The molecule has 0 fully saturated rings. The van der Waals surface area contributed by atoms with Crippen LogP contribution in [0, 0.1) is 12.8 Å². The van der Waals surface area contributed by atoms with Crippen LogP contribution in [0.1, 0.15) is 36.3 Å². The first-order chi connectivity index (χ1) is 8.47. The molecule has 1 rings (SSSR count). The van der Waals surface area contributed by atoms with E-state index in [9.17, 15) is 4.79 Å². The molecule has 1 atom stereocenters. The molecule has 3 N–H and O–H groups in total. The van der Waals surface area contributed by atoms with E-state index in [0.717, 1.165) is 18.7 Å². The van der Waals surface area contributed by atoms with Crippen molar-refractivity contribution in [1.29, 1.82) is 0 Å². The molecule has 100 valence electrons. The fourth-order valence-electron chi connectivity index (χ4n) is 1.77. The van der Waals surface area contributed by atoms with Crippen molar-refractivity contribution in [3.05, 3.63) is 23.4 Å². The average molecular weight is 250 g/mol. The van der Waals surface area contributed by atoms with E-state index in [-0.39, 0.29) is 5.91 Å². The second-order valence-corrected chi connectivity index (χ2v) is 4.73. The highest BCUT2D eigenvalue weighted by molar-refractivity contribution is 5.94. The number of nitrogen functional groups attached to an aromatic ring is 1. The van der Waals surface area contributed by atoms with Crippen molar-refractivity contribution in [3.8, 4) is 0 Å². The third-order valence-electron chi connectivity index (χ3n) is 2.98. The Labute approximate surface area is 108 Å². The number of hydrazine groups is 1. The molecule has 1 amide bonds. The molecular weight excluding hydrogens is 228 g/mol. The Morgan fingerprint density at radius 3 is 2.78 bits per heavy atom. The smallest absolute Gasteiger partial charge is 0.253 e. The van der Waals surface area contributed by atoms with Crippen molar-refractivity contribution in [2.24, 2.45) is 11.8 Å². The summed E-state index contributed by atoms with van der Waals surface area (Å²) in [5, 5.41) is 0. The predicted molar refractivity (Wildman–Crippen MR) is 73.2 cm³/mol. The summed E-state index contributed by atoms with van der Waals surface area (Å²) in [6, 6.07) is 3.44. The van der Waals surface area contributed by atoms with Crippen molar-refractivity contribution >= 4 is 11.7 Å². The summed E-state index contributed by atoms with van der Waals surface area (Å²) in [5.74, 6) is 6.33. The lowest BCUT2D eigenvalue weighted by molar-refractivity contribution is 0.0775. The van der Waals surface area contributed by atoms with Gasteiger partial charge in [-0.1, -0.05) is 20.3 Å². The lowest BCUT2D eigenvalue weighted by atomic mass is 10.1. The number of nitrogens with zero attached hydrogens (tertiary/aromatic N) is 2. The number of pyridine rings is 1. The van der Waals surface area contributed by atoms with Crippen LogP contribution in [0.2, 0.25) is 0 Å². The molecule has 0 aromatic carbocycles. The second-order valence-electron chi connectivity index (χ2n) is 4.73. The van der Waals surface area contributed by atoms with Gasteiger partial charge in [0, 0.05) is 24.8 Å². The SMILES string of the molecule is CCC(C)CN(C)C(=O)c1cc(C)nc(NN)c1. The van der Waals surface area contributed by atoms with Gasteiger partial charge in [0.15, 0.2) is 0 Å². The van der Waals surface area contributed by atoms with Crippen LogP contribution < -0.4 is 11.3 Å². The number of aryl methyl sites for hydroxylation is 1. The first-order valence-corrected chi connectivity index (χ1v) is 6.18. The predicted octanol–water partition coefficient (Wildman–Crippen LogP) is 1.79. The van der Waals surface area contributed by atoms with E-state index >= 15 is 0 Å². The molecule has 0 saturated heterocycles.